The second-order valence-electron chi connectivity index (χ2n) is 5.09. The van der Waals surface area contributed by atoms with Gasteiger partial charge in [-0.3, -0.25) is 0 Å². The first-order valence-electron chi connectivity index (χ1n) is 6.65. The molecule has 0 radical (unpaired) electrons. The third kappa shape index (κ3) is 3.36. The molecular weight excluding hydrogens is 234 g/mol. The molecule has 0 fully saturated rings. The molecule has 0 amide bonds. The van der Waals surface area contributed by atoms with Crippen LogP contribution in [0, 0.1) is 13.8 Å². The minimum Gasteiger partial charge on any atom is -0.508 e. The zero-order valence-corrected chi connectivity index (χ0v) is 11.8. The fourth-order valence-electron chi connectivity index (χ4n) is 2.26. The van der Waals surface area contributed by atoms with Gasteiger partial charge in [0, 0.05) is 18.2 Å². The van der Waals surface area contributed by atoms with Crippen molar-refractivity contribution in [2.45, 2.75) is 33.4 Å². The molecular formula is C17H21NO. The van der Waals surface area contributed by atoms with Crippen LogP contribution in [0.5, 0.6) is 5.75 Å². The van der Waals surface area contributed by atoms with Gasteiger partial charge in [0.2, 0.25) is 0 Å². The lowest BCUT2D eigenvalue weighted by Gasteiger charge is -2.17. The van der Waals surface area contributed by atoms with Crippen molar-refractivity contribution >= 4 is 0 Å². The van der Waals surface area contributed by atoms with Gasteiger partial charge in [-0.2, -0.15) is 0 Å². The molecule has 0 aromatic heterocycles. The molecule has 2 aromatic rings. The Bertz CT molecular complexity index is 563. The molecule has 2 heteroatoms. The van der Waals surface area contributed by atoms with Crippen molar-refractivity contribution in [3.63, 3.8) is 0 Å². The average molecular weight is 255 g/mol. The third-order valence-electron chi connectivity index (χ3n) is 3.49. The summed E-state index contributed by atoms with van der Waals surface area (Å²) in [5, 5.41) is 13.2. The Labute approximate surface area is 115 Å². The number of phenols is 1. The molecule has 100 valence electrons. The van der Waals surface area contributed by atoms with Crippen LogP contribution in [0.3, 0.4) is 0 Å². The maximum Gasteiger partial charge on any atom is 0.120 e. The molecule has 19 heavy (non-hydrogen) atoms. The minimum absolute atomic E-state index is 0.263. The van der Waals surface area contributed by atoms with Gasteiger partial charge >= 0.3 is 0 Å². The Hall–Kier alpha value is -1.80. The minimum atomic E-state index is 0.263. The van der Waals surface area contributed by atoms with E-state index in [1.54, 1.807) is 6.07 Å². The SMILES string of the molecule is Cc1ccc(C)c(C(C)NCc2ccccc2O)c1. The summed E-state index contributed by atoms with van der Waals surface area (Å²) in [5.41, 5.74) is 4.81. The summed E-state index contributed by atoms with van der Waals surface area (Å²) in [6, 6.07) is 14.2. The van der Waals surface area contributed by atoms with Gasteiger partial charge in [0.1, 0.15) is 5.75 Å². The lowest BCUT2D eigenvalue weighted by atomic mass is 10.00. The summed E-state index contributed by atoms with van der Waals surface area (Å²) < 4.78 is 0. The highest BCUT2D eigenvalue weighted by molar-refractivity contribution is 5.34. The highest BCUT2D eigenvalue weighted by Gasteiger charge is 2.09. The molecule has 0 heterocycles. The van der Waals surface area contributed by atoms with E-state index in [2.05, 4.69) is 44.3 Å². The third-order valence-corrected chi connectivity index (χ3v) is 3.49. The number of para-hydroxylation sites is 1. The van der Waals surface area contributed by atoms with E-state index in [0.29, 0.717) is 12.3 Å². The molecule has 0 bridgehead atoms. The van der Waals surface area contributed by atoms with Crippen LogP contribution in [0.25, 0.3) is 0 Å². The van der Waals surface area contributed by atoms with E-state index in [1.165, 1.54) is 16.7 Å². The summed E-state index contributed by atoms with van der Waals surface area (Å²) in [6.45, 7) is 7.06. The molecule has 0 aliphatic rings. The van der Waals surface area contributed by atoms with Gasteiger partial charge in [0.05, 0.1) is 0 Å². The average Bonchev–Trinajstić information content (AvgIpc) is 2.40. The van der Waals surface area contributed by atoms with Crippen LogP contribution >= 0.6 is 0 Å². The number of benzene rings is 2. The number of aryl methyl sites for hydroxylation is 2. The van der Waals surface area contributed by atoms with Gasteiger partial charge in [0.15, 0.2) is 0 Å². The molecule has 2 aromatic carbocycles. The van der Waals surface area contributed by atoms with Crippen LogP contribution < -0.4 is 5.32 Å². The smallest absolute Gasteiger partial charge is 0.120 e. The lowest BCUT2D eigenvalue weighted by Crippen LogP contribution is -2.19. The zero-order chi connectivity index (χ0) is 13.8. The van der Waals surface area contributed by atoms with E-state index in [0.717, 1.165) is 5.56 Å². The van der Waals surface area contributed by atoms with Crippen LogP contribution in [0.1, 0.15) is 35.2 Å². The first kappa shape index (κ1) is 13.6. The predicted octanol–water partition coefficient (Wildman–Crippen LogP) is 3.86. The van der Waals surface area contributed by atoms with Gasteiger partial charge in [-0.05, 0) is 38.0 Å². The van der Waals surface area contributed by atoms with Gasteiger partial charge in [-0.1, -0.05) is 42.0 Å². The first-order valence-corrected chi connectivity index (χ1v) is 6.65. The summed E-state index contributed by atoms with van der Waals surface area (Å²) in [7, 11) is 0. The van der Waals surface area contributed by atoms with Gasteiger partial charge < -0.3 is 10.4 Å². The maximum atomic E-state index is 9.75. The topological polar surface area (TPSA) is 32.3 Å². The van der Waals surface area contributed by atoms with E-state index in [1.807, 2.05) is 18.2 Å². The summed E-state index contributed by atoms with van der Waals surface area (Å²) in [5.74, 6) is 0.350. The number of nitrogens with one attached hydrogen (secondary N) is 1. The van der Waals surface area contributed by atoms with Crippen LogP contribution in [0.15, 0.2) is 42.5 Å². The molecule has 1 atom stereocenters. The molecule has 1 unspecified atom stereocenters. The summed E-state index contributed by atoms with van der Waals surface area (Å²) in [6.07, 6.45) is 0. The fourth-order valence-corrected chi connectivity index (χ4v) is 2.26. The van der Waals surface area contributed by atoms with E-state index >= 15 is 0 Å². The maximum absolute atomic E-state index is 9.75. The van der Waals surface area contributed by atoms with Crippen LogP contribution in [-0.4, -0.2) is 5.11 Å². The lowest BCUT2D eigenvalue weighted by molar-refractivity contribution is 0.460. The second-order valence-corrected chi connectivity index (χ2v) is 5.09. The number of hydrogen-bond acceptors (Lipinski definition) is 2. The molecule has 0 saturated heterocycles. The molecule has 0 aliphatic heterocycles. The van der Waals surface area contributed by atoms with Gasteiger partial charge in [-0.15, -0.1) is 0 Å². The second kappa shape index (κ2) is 5.89. The highest BCUT2D eigenvalue weighted by Crippen LogP contribution is 2.21. The number of hydrogen-bond donors (Lipinski definition) is 2. The zero-order valence-electron chi connectivity index (χ0n) is 11.8. The Morgan fingerprint density at radius 1 is 1.11 bits per heavy atom. The van der Waals surface area contributed by atoms with Crippen LogP contribution in [0.4, 0.5) is 0 Å². The molecule has 0 aliphatic carbocycles. The Kier molecular flexibility index (Phi) is 4.23. The highest BCUT2D eigenvalue weighted by atomic mass is 16.3. The van der Waals surface area contributed by atoms with E-state index < -0.39 is 0 Å². The van der Waals surface area contributed by atoms with Crippen molar-refractivity contribution in [1.29, 1.82) is 0 Å². The molecule has 2 N–H and O–H groups in total. The molecule has 2 nitrogen and oxygen atoms in total. The molecule has 2 rings (SSSR count). The van der Waals surface area contributed by atoms with Crippen molar-refractivity contribution in [3.8, 4) is 5.75 Å². The van der Waals surface area contributed by atoms with Crippen molar-refractivity contribution < 1.29 is 5.11 Å². The Balaban J connectivity index is 2.07. The standard InChI is InChI=1S/C17H21NO/c1-12-8-9-13(2)16(10-12)14(3)18-11-15-6-4-5-7-17(15)19/h4-10,14,18-19H,11H2,1-3H3. The molecule has 0 saturated carbocycles. The van der Waals surface area contributed by atoms with E-state index in [-0.39, 0.29) is 6.04 Å². The first-order chi connectivity index (χ1) is 9.08. The van der Waals surface area contributed by atoms with Crippen molar-refractivity contribution in [1.82, 2.24) is 5.32 Å². The summed E-state index contributed by atoms with van der Waals surface area (Å²) >= 11 is 0. The number of phenolic OH excluding ortho intramolecular Hbond substituents is 1. The van der Waals surface area contributed by atoms with E-state index in [9.17, 15) is 5.11 Å². The largest absolute Gasteiger partial charge is 0.508 e. The van der Waals surface area contributed by atoms with E-state index in [4.69, 9.17) is 0 Å². The fraction of sp³-hybridized carbons (Fsp3) is 0.294. The Morgan fingerprint density at radius 3 is 2.58 bits per heavy atom. The van der Waals surface area contributed by atoms with Gasteiger partial charge in [0.25, 0.3) is 0 Å². The monoisotopic (exact) mass is 255 g/mol. The van der Waals surface area contributed by atoms with Crippen molar-refractivity contribution in [2.24, 2.45) is 0 Å². The van der Waals surface area contributed by atoms with Crippen LogP contribution in [-0.2, 0) is 6.54 Å². The van der Waals surface area contributed by atoms with Gasteiger partial charge in [-0.25, -0.2) is 0 Å². The number of rotatable bonds is 4. The normalized spacial score (nSPS) is 12.4. The quantitative estimate of drug-likeness (QED) is 0.869. The Morgan fingerprint density at radius 2 is 1.84 bits per heavy atom. The number of aromatic hydroxyl groups is 1. The van der Waals surface area contributed by atoms with Crippen molar-refractivity contribution in [2.75, 3.05) is 0 Å². The van der Waals surface area contributed by atoms with Crippen LogP contribution in [0.2, 0.25) is 0 Å². The summed E-state index contributed by atoms with van der Waals surface area (Å²) in [4.78, 5) is 0. The predicted molar refractivity (Wildman–Crippen MR) is 79.3 cm³/mol. The van der Waals surface area contributed by atoms with Crippen molar-refractivity contribution in [3.05, 3.63) is 64.7 Å². The molecule has 0 spiro atoms.